The van der Waals surface area contributed by atoms with Crippen LogP contribution in [0.1, 0.15) is 15.9 Å². The highest BCUT2D eigenvalue weighted by Gasteiger charge is 2.45. The van der Waals surface area contributed by atoms with E-state index in [9.17, 15) is 23.4 Å². The summed E-state index contributed by atoms with van der Waals surface area (Å²) in [5, 5.41) is 20.1. The SMILES string of the molecule is Cc1ccc(S(=O)(=O)O[C@H]2[C@@H](OC(=O)c3ccccc3)OC[C@@H](O)[C@@H]2O)cc1. The van der Waals surface area contributed by atoms with Gasteiger partial charge in [-0.1, -0.05) is 35.9 Å². The van der Waals surface area contributed by atoms with E-state index in [0.717, 1.165) is 5.56 Å². The molecule has 0 saturated carbocycles. The molecule has 4 atom stereocenters. The molecule has 1 aliphatic heterocycles. The maximum absolute atomic E-state index is 12.6. The number of esters is 1. The number of ether oxygens (including phenoxy) is 2. The first-order chi connectivity index (χ1) is 13.3. The predicted molar refractivity (Wildman–Crippen MR) is 96.8 cm³/mol. The van der Waals surface area contributed by atoms with Crippen LogP contribution in [0.15, 0.2) is 59.5 Å². The second-order valence-corrected chi connectivity index (χ2v) is 7.93. The minimum Gasteiger partial charge on any atom is -0.429 e. The van der Waals surface area contributed by atoms with Crippen LogP contribution in [0.25, 0.3) is 0 Å². The molecule has 2 aromatic rings. The molecule has 1 fully saturated rings. The van der Waals surface area contributed by atoms with Gasteiger partial charge in [0, 0.05) is 0 Å². The van der Waals surface area contributed by atoms with Gasteiger partial charge in [-0.25, -0.2) is 4.79 Å². The standard InChI is InChI=1S/C19H20O8S/c1-12-7-9-14(10-8-12)28(23,24)27-17-16(21)15(20)11-25-19(17)26-18(22)13-5-3-2-4-6-13/h2-10,15-17,19-21H,11H2,1H3/t15-,16+,17-,19-/m1/s1. The number of carbonyl (C=O) groups is 1. The van der Waals surface area contributed by atoms with Crippen LogP contribution >= 0.6 is 0 Å². The Labute approximate surface area is 162 Å². The highest BCUT2D eigenvalue weighted by molar-refractivity contribution is 7.86. The van der Waals surface area contributed by atoms with E-state index in [1.54, 1.807) is 37.3 Å². The largest absolute Gasteiger partial charge is 0.429 e. The Balaban J connectivity index is 1.81. The summed E-state index contributed by atoms with van der Waals surface area (Å²) >= 11 is 0. The molecule has 2 N–H and O–H groups in total. The van der Waals surface area contributed by atoms with Crippen LogP contribution in [0.2, 0.25) is 0 Å². The van der Waals surface area contributed by atoms with E-state index < -0.39 is 40.7 Å². The number of aliphatic hydroxyl groups is 2. The molecule has 0 unspecified atom stereocenters. The van der Waals surface area contributed by atoms with Gasteiger partial charge in [-0.2, -0.15) is 8.42 Å². The van der Waals surface area contributed by atoms with Crippen LogP contribution in [-0.2, 0) is 23.8 Å². The van der Waals surface area contributed by atoms with Crippen molar-refractivity contribution in [3.05, 3.63) is 65.7 Å². The van der Waals surface area contributed by atoms with Gasteiger partial charge in [0.1, 0.15) is 12.2 Å². The number of aliphatic hydroxyl groups excluding tert-OH is 2. The maximum atomic E-state index is 12.6. The van der Waals surface area contributed by atoms with Crippen molar-refractivity contribution in [2.45, 2.75) is 36.4 Å². The molecule has 8 nitrogen and oxygen atoms in total. The fraction of sp³-hybridized carbons (Fsp3) is 0.316. The summed E-state index contributed by atoms with van der Waals surface area (Å²) in [5.41, 5.74) is 1.07. The van der Waals surface area contributed by atoms with Crippen molar-refractivity contribution in [2.24, 2.45) is 0 Å². The van der Waals surface area contributed by atoms with Crippen molar-refractivity contribution in [1.29, 1.82) is 0 Å². The average molecular weight is 408 g/mol. The van der Waals surface area contributed by atoms with Crippen molar-refractivity contribution in [3.63, 3.8) is 0 Å². The Morgan fingerprint density at radius 3 is 2.36 bits per heavy atom. The zero-order valence-electron chi connectivity index (χ0n) is 15.0. The average Bonchev–Trinajstić information content (AvgIpc) is 2.68. The van der Waals surface area contributed by atoms with E-state index in [1.807, 2.05) is 0 Å². The molecule has 0 spiro atoms. The Hall–Kier alpha value is -2.30. The molecule has 1 heterocycles. The van der Waals surface area contributed by atoms with Crippen LogP contribution in [0.5, 0.6) is 0 Å². The number of hydrogen-bond donors (Lipinski definition) is 2. The summed E-state index contributed by atoms with van der Waals surface area (Å²) < 4.78 is 40.6. The molecule has 150 valence electrons. The van der Waals surface area contributed by atoms with Crippen molar-refractivity contribution in [3.8, 4) is 0 Å². The van der Waals surface area contributed by atoms with Crippen LogP contribution < -0.4 is 0 Å². The third-order valence-electron chi connectivity index (χ3n) is 4.21. The summed E-state index contributed by atoms with van der Waals surface area (Å²) in [4.78, 5) is 12.1. The molecule has 0 radical (unpaired) electrons. The van der Waals surface area contributed by atoms with E-state index in [1.165, 1.54) is 24.3 Å². The van der Waals surface area contributed by atoms with E-state index in [-0.39, 0.29) is 17.1 Å². The van der Waals surface area contributed by atoms with Crippen molar-refractivity contribution in [2.75, 3.05) is 6.61 Å². The monoisotopic (exact) mass is 408 g/mol. The Morgan fingerprint density at radius 1 is 1.07 bits per heavy atom. The molecule has 1 saturated heterocycles. The minimum absolute atomic E-state index is 0.140. The lowest BCUT2D eigenvalue weighted by atomic mass is 10.1. The lowest BCUT2D eigenvalue weighted by Gasteiger charge is -2.36. The third-order valence-corrected chi connectivity index (χ3v) is 5.54. The lowest BCUT2D eigenvalue weighted by Crippen LogP contribution is -2.56. The summed E-state index contributed by atoms with van der Waals surface area (Å²) in [5.74, 6) is -0.782. The molecular weight excluding hydrogens is 388 g/mol. The Kier molecular flexibility index (Phi) is 6.11. The quantitative estimate of drug-likeness (QED) is 0.556. The van der Waals surface area contributed by atoms with Crippen LogP contribution in [0.3, 0.4) is 0 Å². The van der Waals surface area contributed by atoms with Crippen molar-refractivity contribution >= 4 is 16.1 Å². The summed E-state index contributed by atoms with van der Waals surface area (Å²) in [6.45, 7) is 1.45. The Morgan fingerprint density at radius 2 is 1.71 bits per heavy atom. The van der Waals surface area contributed by atoms with Gasteiger partial charge in [0.2, 0.25) is 6.29 Å². The summed E-state index contributed by atoms with van der Waals surface area (Å²) in [6, 6.07) is 13.9. The first-order valence-electron chi connectivity index (χ1n) is 8.51. The molecule has 1 aliphatic rings. The van der Waals surface area contributed by atoms with Gasteiger partial charge in [0.25, 0.3) is 10.1 Å². The number of carbonyl (C=O) groups excluding carboxylic acids is 1. The first kappa shape index (κ1) is 20.4. The summed E-state index contributed by atoms with van der Waals surface area (Å²) in [6.07, 6.45) is -6.19. The van der Waals surface area contributed by atoms with Gasteiger partial charge in [-0.05, 0) is 31.2 Å². The fourth-order valence-electron chi connectivity index (χ4n) is 2.62. The predicted octanol–water partition coefficient (Wildman–Crippen LogP) is 1.00. The number of benzene rings is 2. The van der Waals surface area contributed by atoms with Gasteiger partial charge < -0.3 is 19.7 Å². The van der Waals surface area contributed by atoms with Crippen molar-refractivity contribution in [1.82, 2.24) is 0 Å². The molecule has 0 aromatic heterocycles. The van der Waals surface area contributed by atoms with Crippen LogP contribution in [-0.4, -0.2) is 55.8 Å². The molecule has 0 aliphatic carbocycles. The highest BCUT2D eigenvalue weighted by atomic mass is 32.2. The molecule has 0 bridgehead atoms. The third kappa shape index (κ3) is 4.57. The zero-order valence-corrected chi connectivity index (χ0v) is 15.8. The van der Waals surface area contributed by atoms with Gasteiger partial charge in [0.15, 0.2) is 6.10 Å². The van der Waals surface area contributed by atoms with E-state index in [2.05, 4.69) is 0 Å². The normalized spacial score (nSPS) is 25.2. The smallest absolute Gasteiger partial charge is 0.340 e. The second kappa shape index (κ2) is 8.38. The number of hydrogen-bond acceptors (Lipinski definition) is 8. The van der Waals surface area contributed by atoms with Crippen molar-refractivity contribution < 1.29 is 37.1 Å². The molecule has 3 rings (SSSR count). The molecule has 9 heteroatoms. The zero-order chi connectivity index (χ0) is 20.3. The van der Waals surface area contributed by atoms with E-state index >= 15 is 0 Å². The van der Waals surface area contributed by atoms with Gasteiger partial charge in [-0.3, -0.25) is 4.18 Å². The van der Waals surface area contributed by atoms with Crippen LogP contribution in [0, 0.1) is 6.92 Å². The van der Waals surface area contributed by atoms with Gasteiger partial charge in [-0.15, -0.1) is 0 Å². The van der Waals surface area contributed by atoms with Gasteiger partial charge in [0.05, 0.1) is 17.1 Å². The topological polar surface area (TPSA) is 119 Å². The number of rotatable bonds is 5. The Bertz CT molecular complexity index is 911. The van der Waals surface area contributed by atoms with E-state index in [0.29, 0.717) is 0 Å². The molecular formula is C19H20O8S. The summed E-state index contributed by atoms with van der Waals surface area (Å²) in [7, 11) is -4.31. The fourth-order valence-corrected chi connectivity index (χ4v) is 3.70. The second-order valence-electron chi connectivity index (χ2n) is 6.36. The highest BCUT2D eigenvalue weighted by Crippen LogP contribution is 2.25. The van der Waals surface area contributed by atoms with Gasteiger partial charge >= 0.3 is 5.97 Å². The molecule has 2 aromatic carbocycles. The minimum atomic E-state index is -4.31. The maximum Gasteiger partial charge on any atom is 0.340 e. The van der Waals surface area contributed by atoms with Crippen LogP contribution in [0.4, 0.5) is 0 Å². The van der Waals surface area contributed by atoms with E-state index in [4.69, 9.17) is 13.7 Å². The molecule has 0 amide bonds. The lowest BCUT2D eigenvalue weighted by molar-refractivity contribution is -0.243. The number of aryl methyl sites for hydroxylation is 1. The first-order valence-corrected chi connectivity index (χ1v) is 9.92. The molecule has 28 heavy (non-hydrogen) atoms.